The fraction of sp³-hybridized carbons (Fsp3) is 0.333. The van der Waals surface area contributed by atoms with Crippen molar-refractivity contribution in [2.24, 2.45) is 0 Å². The number of nitrogens with one attached hydrogen (secondary N) is 1. The van der Waals surface area contributed by atoms with E-state index in [1.165, 1.54) is 6.07 Å². The summed E-state index contributed by atoms with van der Waals surface area (Å²) in [5, 5.41) is 2.22. The molecule has 0 fully saturated rings. The Hall–Kier alpha value is -1.98. The zero-order valence-corrected chi connectivity index (χ0v) is 9.83. The number of halogens is 2. The zero-order chi connectivity index (χ0) is 13.5. The highest BCUT2D eigenvalue weighted by atomic mass is 19.1. The predicted molar refractivity (Wildman–Crippen MR) is 59.7 cm³/mol. The summed E-state index contributed by atoms with van der Waals surface area (Å²) in [4.78, 5) is 22.3. The van der Waals surface area contributed by atoms with E-state index in [1.807, 2.05) is 0 Å². The molecule has 1 aromatic rings. The number of rotatable bonds is 5. The van der Waals surface area contributed by atoms with Crippen molar-refractivity contribution in [2.75, 3.05) is 13.2 Å². The third kappa shape index (κ3) is 4.12. The van der Waals surface area contributed by atoms with Crippen molar-refractivity contribution in [3.05, 3.63) is 35.4 Å². The van der Waals surface area contributed by atoms with Crippen LogP contribution in [0.4, 0.5) is 8.78 Å². The molecule has 0 spiro atoms. The van der Waals surface area contributed by atoms with Gasteiger partial charge in [0, 0.05) is 5.56 Å². The SMILES string of the molecule is CCOC(=O)CNC(=O)Cc1c(F)cccc1F. The molecule has 0 aliphatic rings. The topological polar surface area (TPSA) is 55.4 Å². The number of hydrogen-bond acceptors (Lipinski definition) is 3. The molecular weight excluding hydrogens is 244 g/mol. The Balaban J connectivity index is 2.52. The van der Waals surface area contributed by atoms with Crippen LogP contribution in [0.2, 0.25) is 0 Å². The molecule has 0 radical (unpaired) electrons. The quantitative estimate of drug-likeness (QED) is 0.806. The van der Waals surface area contributed by atoms with E-state index in [9.17, 15) is 18.4 Å². The van der Waals surface area contributed by atoms with Gasteiger partial charge in [0.15, 0.2) is 0 Å². The minimum Gasteiger partial charge on any atom is -0.465 e. The van der Waals surface area contributed by atoms with Gasteiger partial charge in [-0.3, -0.25) is 9.59 Å². The van der Waals surface area contributed by atoms with E-state index < -0.39 is 29.9 Å². The van der Waals surface area contributed by atoms with Crippen LogP contribution >= 0.6 is 0 Å². The maximum atomic E-state index is 13.2. The van der Waals surface area contributed by atoms with Crippen LogP contribution in [0, 0.1) is 11.6 Å². The molecule has 4 nitrogen and oxygen atoms in total. The van der Waals surface area contributed by atoms with Crippen LogP contribution in [-0.2, 0) is 20.7 Å². The molecule has 1 amide bonds. The summed E-state index contributed by atoms with van der Waals surface area (Å²) in [5.41, 5.74) is -0.321. The molecule has 0 bridgehead atoms. The second-order valence-electron chi connectivity index (χ2n) is 3.46. The Morgan fingerprint density at radius 3 is 2.44 bits per heavy atom. The Morgan fingerprint density at radius 1 is 1.28 bits per heavy atom. The number of carbonyl (C=O) groups excluding carboxylic acids is 2. The number of amides is 1. The molecule has 18 heavy (non-hydrogen) atoms. The van der Waals surface area contributed by atoms with Crippen molar-refractivity contribution < 1.29 is 23.1 Å². The van der Waals surface area contributed by atoms with E-state index in [2.05, 4.69) is 10.1 Å². The molecule has 6 heteroatoms. The lowest BCUT2D eigenvalue weighted by atomic mass is 10.1. The Bertz CT molecular complexity index is 429. The van der Waals surface area contributed by atoms with E-state index in [-0.39, 0.29) is 18.7 Å². The van der Waals surface area contributed by atoms with Crippen molar-refractivity contribution >= 4 is 11.9 Å². The van der Waals surface area contributed by atoms with Gasteiger partial charge in [0.2, 0.25) is 5.91 Å². The maximum Gasteiger partial charge on any atom is 0.325 e. The number of esters is 1. The van der Waals surface area contributed by atoms with Crippen LogP contribution in [0.25, 0.3) is 0 Å². The van der Waals surface area contributed by atoms with Gasteiger partial charge >= 0.3 is 5.97 Å². The minimum atomic E-state index is -0.790. The van der Waals surface area contributed by atoms with Crippen LogP contribution in [-0.4, -0.2) is 25.0 Å². The molecule has 1 rings (SSSR count). The third-order valence-electron chi connectivity index (χ3n) is 2.13. The molecule has 0 saturated heterocycles. The van der Waals surface area contributed by atoms with Gasteiger partial charge in [0.05, 0.1) is 13.0 Å². The lowest BCUT2D eigenvalue weighted by Gasteiger charge is -2.06. The highest BCUT2D eigenvalue weighted by Crippen LogP contribution is 2.12. The lowest BCUT2D eigenvalue weighted by molar-refractivity contribution is -0.143. The van der Waals surface area contributed by atoms with Crippen LogP contribution < -0.4 is 5.32 Å². The summed E-state index contributed by atoms with van der Waals surface area (Å²) in [6.07, 6.45) is -0.460. The summed E-state index contributed by atoms with van der Waals surface area (Å²) >= 11 is 0. The molecule has 0 saturated carbocycles. The van der Waals surface area contributed by atoms with Crippen LogP contribution in [0.1, 0.15) is 12.5 Å². The van der Waals surface area contributed by atoms with E-state index in [1.54, 1.807) is 6.92 Å². The fourth-order valence-electron chi connectivity index (χ4n) is 1.31. The van der Waals surface area contributed by atoms with Gasteiger partial charge in [-0.25, -0.2) is 8.78 Å². The van der Waals surface area contributed by atoms with Gasteiger partial charge in [0.1, 0.15) is 18.2 Å². The molecular formula is C12H13F2NO3. The van der Waals surface area contributed by atoms with E-state index in [0.717, 1.165) is 12.1 Å². The highest BCUT2D eigenvalue weighted by molar-refractivity contribution is 5.83. The largest absolute Gasteiger partial charge is 0.465 e. The Labute approximate surface area is 103 Å². The third-order valence-corrected chi connectivity index (χ3v) is 2.13. The van der Waals surface area contributed by atoms with Crippen molar-refractivity contribution in [3.8, 4) is 0 Å². The predicted octanol–water partition coefficient (Wildman–Crippen LogP) is 1.19. The van der Waals surface area contributed by atoms with Gasteiger partial charge in [-0.05, 0) is 19.1 Å². The van der Waals surface area contributed by atoms with Crippen LogP contribution in [0.15, 0.2) is 18.2 Å². The molecule has 98 valence electrons. The first kappa shape index (κ1) is 14.1. The number of carbonyl (C=O) groups is 2. The number of ether oxygens (including phenoxy) is 1. The first-order valence-electron chi connectivity index (χ1n) is 5.39. The standard InChI is InChI=1S/C12H13F2NO3/c1-2-18-12(17)7-15-11(16)6-8-9(13)4-3-5-10(8)14/h3-5H,2,6-7H2,1H3,(H,15,16). The Kier molecular flexibility index (Phi) is 5.23. The molecule has 0 aliphatic carbocycles. The second-order valence-corrected chi connectivity index (χ2v) is 3.46. The molecule has 0 unspecified atom stereocenters. The average Bonchev–Trinajstić information content (AvgIpc) is 2.32. The minimum absolute atomic E-state index is 0.205. The maximum absolute atomic E-state index is 13.2. The van der Waals surface area contributed by atoms with Gasteiger partial charge in [-0.15, -0.1) is 0 Å². The normalized spacial score (nSPS) is 9.94. The molecule has 1 N–H and O–H groups in total. The summed E-state index contributed by atoms with van der Waals surface area (Å²) in [6, 6.07) is 3.35. The average molecular weight is 257 g/mol. The monoisotopic (exact) mass is 257 g/mol. The fourth-order valence-corrected chi connectivity index (χ4v) is 1.31. The van der Waals surface area contributed by atoms with Crippen molar-refractivity contribution in [1.29, 1.82) is 0 Å². The second kappa shape index (κ2) is 6.68. The van der Waals surface area contributed by atoms with Crippen molar-refractivity contribution in [3.63, 3.8) is 0 Å². The van der Waals surface area contributed by atoms with Crippen molar-refractivity contribution in [2.45, 2.75) is 13.3 Å². The number of hydrogen-bond donors (Lipinski definition) is 1. The summed E-state index contributed by atoms with van der Waals surface area (Å²) in [6.45, 7) is 1.52. The van der Waals surface area contributed by atoms with Gasteiger partial charge < -0.3 is 10.1 Å². The van der Waals surface area contributed by atoms with E-state index in [4.69, 9.17) is 0 Å². The first-order valence-corrected chi connectivity index (χ1v) is 5.39. The van der Waals surface area contributed by atoms with Crippen molar-refractivity contribution in [1.82, 2.24) is 5.32 Å². The number of benzene rings is 1. The summed E-state index contributed by atoms with van der Waals surface area (Å²) < 4.78 is 31.0. The van der Waals surface area contributed by atoms with Crippen LogP contribution in [0.5, 0.6) is 0 Å². The smallest absolute Gasteiger partial charge is 0.325 e. The summed E-state index contributed by atoms with van der Waals surface area (Å²) in [7, 11) is 0. The molecule has 0 atom stereocenters. The molecule has 0 aliphatic heterocycles. The zero-order valence-electron chi connectivity index (χ0n) is 9.83. The molecule has 1 aromatic carbocycles. The van der Waals surface area contributed by atoms with Gasteiger partial charge in [0.25, 0.3) is 0 Å². The van der Waals surface area contributed by atoms with Crippen LogP contribution in [0.3, 0.4) is 0 Å². The lowest BCUT2D eigenvalue weighted by Crippen LogP contribution is -2.32. The summed E-state index contributed by atoms with van der Waals surface area (Å²) in [5.74, 6) is -2.82. The van der Waals surface area contributed by atoms with E-state index >= 15 is 0 Å². The Morgan fingerprint density at radius 2 is 1.89 bits per heavy atom. The highest BCUT2D eigenvalue weighted by Gasteiger charge is 2.13. The van der Waals surface area contributed by atoms with E-state index in [0.29, 0.717) is 0 Å². The molecule has 0 aromatic heterocycles. The van der Waals surface area contributed by atoms with Gasteiger partial charge in [-0.1, -0.05) is 6.07 Å². The first-order chi connectivity index (χ1) is 8.54. The molecule has 0 heterocycles. The van der Waals surface area contributed by atoms with Gasteiger partial charge in [-0.2, -0.15) is 0 Å².